The molecular formula is C21H18N2O5S. The molecule has 3 heterocycles. The van der Waals surface area contributed by atoms with Crippen LogP contribution >= 0.6 is 11.8 Å². The topological polar surface area (TPSA) is 81.8 Å². The normalized spacial score (nSPS) is 15.7. The van der Waals surface area contributed by atoms with Crippen LogP contribution in [0, 0.1) is 0 Å². The summed E-state index contributed by atoms with van der Waals surface area (Å²) in [5, 5.41) is 0.703. The zero-order valence-corrected chi connectivity index (χ0v) is 16.7. The van der Waals surface area contributed by atoms with Crippen LogP contribution in [0.25, 0.3) is 17.0 Å². The lowest BCUT2D eigenvalue weighted by molar-refractivity contribution is -0.122. The molecule has 3 aromatic rings. The van der Waals surface area contributed by atoms with Crippen molar-refractivity contribution in [2.45, 2.75) is 13.5 Å². The van der Waals surface area contributed by atoms with Crippen LogP contribution in [0.4, 0.5) is 4.79 Å². The molecular weight excluding hydrogens is 392 g/mol. The molecule has 0 unspecified atom stereocenters. The number of imide groups is 1. The average Bonchev–Trinajstić information content (AvgIpc) is 3.40. The number of furan rings is 1. The number of amides is 2. The van der Waals surface area contributed by atoms with E-state index in [4.69, 9.17) is 4.42 Å². The van der Waals surface area contributed by atoms with E-state index in [9.17, 15) is 14.4 Å². The molecule has 148 valence electrons. The molecule has 0 atom stereocenters. The maximum absolute atomic E-state index is 12.4. The van der Waals surface area contributed by atoms with E-state index in [0.717, 1.165) is 28.2 Å². The van der Waals surface area contributed by atoms with Crippen molar-refractivity contribution in [3.05, 3.63) is 64.6 Å². The van der Waals surface area contributed by atoms with Gasteiger partial charge >= 0.3 is 5.97 Å². The minimum atomic E-state index is -0.527. The van der Waals surface area contributed by atoms with Gasteiger partial charge in [-0.1, -0.05) is 18.2 Å². The molecule has 0 saturated carbocycles. The summed E-state index contributed by atoms with van der Waals surface area (Å²) in [5.74, 6) is -0.0505. The van der Waals surface area contributed by atoms with Crippen molar-refractivity contribution in [1.29, 1.82) is 0 Å². The smallest absolute Gasteiger partial charge is 0.373 e. The SMILES string of the molecule is CCN1C(=O)S/C(=C\c2cn(Cc3ccc(C(=O)OC)o3)c3ccccc23)C1=O. The molecule has 0 aliphatic carbocycles. The highest BCUT2D eigenvalue weighted by molar-refractivity contribution is 8.18. The minimum absolute atomic E-state index is 0.146. The highest BCUT2D eigenvalue weighted by atomic mass is 32.2. The number of aromatic nitrogens is 1. The summed E-state index contributed by atoms with van der Waals surface area (Å²) in [5.41, 5.74) is 1.78. The van der Waals surface area contributed by atoms with Crippen LogP contribution in [0.1, 0.15) is 28.8 Å². The van der Waals surface area contributed by atoms with E-state index in [2.05, 4.69) is 4.74 Å². The van der Waals surface area contributed by atoms with E-state index in [1.54, 1.807) is 25.1 Å². The summed E-state index contributed by atoms with van der Waals surface area (Å²) in [6.45, 7) is 2.53. The third kappa shape index (κ3) is 3.47. The van der Waals surface area contributed by atoms with E-state index in [-0.39, 0.29) is 16.9 Å². The Hall–Kier alpha value is -3.26. The first-order chi connectivity index (χ1) is 14.0. The molecule has 1 aliphatic rings. The molecule has 4 rings (SSSR count). The van der Waals surface area contributed by atoms with Crippen LogP contribution in [-0.4, -0.2) is 40.2 Å². The quantitative estimate of drug-likeness (QED) is 0.465. The Balaban J connectivity index is 1.70. The Morgan fingerprint density at radius 2 is 2.00 bits per heavy atom. The van der Waals surface area contributed by atoms with Crippen LogP contribution in [0.3, 0.4) is 0 Å². The second kappa shape index (κ2) is 7.63. The van der Waals surface area contributed by atoms with Gasteiger partial charge in [-0.15, -0.1) is 0 Å². The number of carbonyl (C=O) groups is 3. The fourth-order valence-electron chi connectivity index (χ4n) is 3.28. The molecule has 0 spiro atoms. The Kier molecular flexibility index (Phi) is 5.02. The molecule has 1 saturated heterocycles. The number of thioether (sulfide) groups is 1. The number of hydrogen-bond donors (Lipinski definition) is 0. The maximum atomic E-state index is 12.4. The van der Waals surface area contributed by atoms with Crippen molar-refractivity contribution < 1.29 is 23.5 Å². The van der Waals surface area contributed by atoms with Crippen LogP contribution < -0.4 is 0 Å². The zero-order valence-electron chi connectivity index (χ0n) is 15.9. The summed E-state index contributed by atoms with van der Waals surface area (Å²) in [7, 11) is 1.30. The molecule has 1 aliphatic heterocycles. The van der Waals surface area contributed by atoms with Gasteiger partial charge in [0.15, 0.2) is 0 Å². The second-order valence-electron chi connectivity index (χ2n) is 6.41. The van der Waals surface area contributed by atoms with Gasteiger partial charge < -0.3 is 13.7 Å². The standard InChI is InChI=1S/C21H18N2O5S/c1-3-23-19(24)18(29-21(23)26)10-13-11-22(16-7-5-4-6-15(13)16)12-14-8-9-17(28-14)20(25)27-2/h4-11H,3,12H2,1-2H3/b18-10-. The van der Waals surface area contributed by atoms with Crippen LogP contribution in [0.2, 0.25) is 0 Å². The summed E-state index contributed by atoms with van der Waals surface area (Å²) in [6, 6.07) is 11.1. The van der Waals surface area contributed by atoms with Gasteiger partial charge in [0, 0.05) is 29.2 Å². The van der Waals surface area contributed by atoms with Gasteiger partial charge in [-0.2, -0.15) is 0 Å². The zero-order chi connectivity index (χ0) is 20.5. The third-order valence-electron chi connectivity index (χ3n) is 4.67. The number of para-hydroxylation sites is 1. The molecule has 0 radical (unpaired) electrons. The number of likely N-dealkylation sites (N-methyl/N-ethyl adjacent to an activating group) is 1. The number of esters is 1. The average molecular weight is 410 g/mol. The van der Waals surface area contributed by atoms with E-state index in [1.165, 1.54) is 12.0 Å². The lowest BCUT2D eigenvalue weighted by atomic mass is 10.1. The van der Waals surface area contributed by atoms with E-state index < -0.39 is 5.97 Å². The number of nitrogens with zero attached hydrogens (tertiary/aromatic N) is 2. The van der Waals surface area contributed by atoms with Crippen molar-refractivity contribution >= 4 is 45.9 Å². The maximum Gasteiger partial charge on any atom is 0.373 e. The first-order valence-electron chi connectivity index (χ1n) is 9.02. The predicted molar refractivity (Wildman–Crippen MR) is 109 cm³/mol. The van der Waals surface area contributed by atoms with Crippen molar-refractivity contribution in [2.24, 2.45) is 0 Å². The monoisotopic (exact) mass is 410 g/mol. The summed E-state index contributed by atoms with van der Waals surface area (Å²) in [4.78, 5) is 37.6. The fourth-order valence-corrected chi connectivity index (χ4v) is 4.17. The van der Waals surface area contributed by atoms with Gasteiger partial charge in [-0.05, 0) is 43.0 Å². The van der Waals surface area contributed by atoms with Crippen molar-refractivity contribution in [3.8, 4) is 0 Å². The highest BCUT2D eigenvalue weighted by Gasteiger charge is 2.33. The largest absolute Gasteiger partial charge is 0.463 e. The molecule has 0 bridgehead atoms. The van der Waals surface area contributed by atoms with E-state index in [0.29, 0.717) is 23.8 Å². The molecule has 1 aromatic carbocycles. The van der Waals surface area contributed by atoms with Gasteiger partial charge in [-0.3, -0.25) is 14.5 Å². The lowest BCUT2D eigenvalue weighted by Crippen LogP contribution is -2.27. The van der Waals surface area contributed by atoms with Crippen LogP contribution in [-0.2, 0) is 16.1 Å². The van der Waals surface area contributed by atoms with Gasteiger partial charge in [0.2, 0.25) is 5.76 Å². The molecule has 2 aromatic heterocycles. The number of hydrogen-bond acceptors (Lipinski definition) is 6. The highest BCUT2D eigenvalue weighted by Crippen LogP contribution is 2.34. The minimum Gasteiger partial charge on any atom is -0.463 e. The summed E-state index contributed by atoms with van der Waals surface area (Å²) >= 11 is 0.951. The molecule has 7 nitrogen and oxygen atoms in total. The number of carbonyl (C=O) groups excluding carboxylic acids is 3. The van der Waals surface area contributed by atoms with Crippen molar-refractivity contribution in [3.63, 3.8) is 0 Å². The Bertz CT molecular complexity index is 1160. The number of ether oxygens (including phenoxy) is 1. The first-order valence-corrected chi connectivity index (χ1v) is 9.83. The predicted octanol–water partition coefficient (Wildman–Crippen LogP) is 4.13. The fraction of sp³-hybridized carbons (Fsp3) is 0.190. The first kappa shape index (κ1) is 19.1. The second-order valence-corrected chi connectivity index (χ2v) is 7.41. The number of methoxy groups -OCH3 is 1. The number of fused-ring (bicyclic) bond motifs is 1. The van der Waals surface area contributed by atoms with Crippen LogP contribution in [0.5, 0.6) is 0 Å². The number of rotatable bonds is 5. The molecule has 1 fully saturated rings. The lowest BCUT2D eigenvalue weighted by Gasteiger charge is -2.06. The van der Waals surface area contributed by atoms with Gasteiger partial charge in [0.05, 0.1) is 18.6 Å². The van der Waals surface area contributed by atoms with Crippen molar-refractivity contribution in [2.75, 3.05) is 13.7 Å². The van der Waals surface area contributed by atoms with Gasteiger partial charge in [0.25, 0.3) is 11.1 Å². The number of benzene rings is 1. The van der Waals surface area contributed by atoms with E-state index >= 15 is 0 Å². The van der Waals surface area contributed by atoms with Crippen molar-refractivity contribution in [1.82, 2.24) is 9.47 Å². The summed E-state index contributed by atoms with van der Waals surface area (Å²) in [6.07, 6.45) is 3.66. The van der Waals surface area contributed by atoms with Crippen LogP contribution in [0.15, 0.2) is 51.9 Å². The molecule has 8 heteroatoms. The molecule has 2 amide bonds. The Labute approximate surface area is 170 Å². The third-order valence-corrected chi connectivity index (χ3v) is 5.58. The molecule has 0 N–H and O–H groups in total. The van der Waals surface area contributed by atoms with Gasteiger partial charge in [0.1, 0.15) is 5.76 Å². The Morgan fingerprint density at radius 3 is 2.72 bits per heavy atom. The summed E-state index contributed by atoms with van der Waals surface area (Å²) < 4.78 is 12.2. The van der Waals surface area contributed by atoms with Gasteiger partial charge in [-0.25, -0.2) is 4.79 Å². The Morgan fingerprint density at radius 1 is 1.21 bits per heavy atom. The van der Waals surface area contributed by atoms with E-state index in [1.807, 2.05) is 35.0 Å². The molecule has 29 heavy (non-hydrogen) atoms.